The number of aromatic nitrogens is 1. The van der Waals surface area contributed by atoms with Gasteiger partial charge in [0.2, 0.25) is 0 Å². The lowest BCUT2D eigenvalue weighted by Crippen LogP contribution is -2.40. The lowest BCUT2D eigenvalue weighted by Gasteiger charge is -2.29. The summed E-state index contributed by atoms with van der Waals surface area (Å²) >= 11 is 0. The van der Waals surface area contributed by atoms with E-state index in [0.29, 0.717) is 0 Å². The normalized spacial score (nSPS) is 16.0. The van der Waals surface area contributed by atoms with Crippen LogP contribution in [0.2, 0.25) is 0 Å². The molecule has 4 heteroatoms. The lowest BCUT2D eigenvalue weighted by atomic mass is 10.3. The molecule has 0 N–H and O–H groups in total. The third-order valence-corrected chi connectivity index (χ3v) is 3.19. The van der Waals surface area contributed by atoms with Crippen molar-refractivity contribution < 1.29 is 0 Å². The predicted octanol–water partition coefficient (Wildman–Crippen LogP) is 1.35. The summed E-state index contributed by atoms with van der Waals surface area (Å²) in [6, 6.07) is 6.28. The van der Waals surface area contributed by atoms with Crippen LogP contribution in [0.3, 0.4) is 0 Å². The van der Waals surface area contributed by atoms with Gasteiger partial charge in [-0.1, -0.05) is 6.07 Å². The maximum atomic E-state index is 4.75. The van der Waals surface area contributed by atoms with Crippen LogP contribution in [-0.2, 0) is 0 Å². The Morgan fingerprint density at radius 1 is 1.18 bits per heavy atom. The average molecular weight is 233 g/mol. The fraction of sp³-hybridized carbons (Fsp3) is 0.615. The van der Waals surface area contributed by atoms with E-state index >= 15 is 0 Å². The van der Waals surface area contributed by atoms with Gasteiger partial charge in [0, 0.05) is 39.3 Å². The maximum Gasteiger partial charge on any atom is 0.131 e. The molecule has 4 nitrogen and oxygen atoms in total. The smallest absolute Gasteiger partial charge is 0.131 e. The Bertz CT molecular complexity index is 343. The molecule has 0 unspecified atom stereocenters. The fourth-order valence-electron chi connectivity index (χ4n) is 2.15. The molecule has 0 atom stereocenters. The molecule has 93 valence electrons. The van der Waals surface area contributed by atoms with E-state index in [1.54, 1.807) is 0 Å². The van der Waals surface area contributed by atoms with Crippen LogP contribution in [0.5, 0.6) is 0 Å². The number of hydrogen-bond acceptors (Lipinski definition) is 3. The molecule has 1 aromatic rings. The number of piperazine rings is 1. The van der Waals surface area contributed by atoms with Crippen LogP contribution in [0.4, 0.5) is 11.6 Å². The first-order valence-electron chi connectivity index (χ1n) is 6.45. The summed E-state index contributed by atoms with van der Waals surface area (Å²) in [5, 5.41) is 4.36. The second-order valence-electron chi connectivity index (χ2n) is 4.18. The summed E-state index contributed by atoms with van der Waals surface area (Å²) in [5.41, 5.74) is 0. The van der Waals surface area contributed by atoms with Crippen molar-refractivity contribution in [3.63, 3.8) is 0 Å². The molecule has 2 rings (SSSR count). The van der Waals surface area contributed by atoms with Gasteiger partial charge < -0.3 is 9.80 Å². The van der Waals surface area contributed by atoms with Crippen molar-refractivity contribution in [3.8, 4) is 0 Å². The van der Waals surface area contributed by atoms with Crippen molar-refractivity contribution in [3.05, 3.63) is 18.2 Å². The largest absolute Gasteiger partial charge is 0.357 e. The van der Waals surface area contributed by atoms with Crippen molar-refractivity contribution in [1.29, 1.82) is 0 Å². The Hall–Kier alpha value is -1.29. The number of anilines is 2. The summed E-state index contributed by atoms with van der Waals surface area (Å²) in [5.74, 6) is 2.17. The molecule has 0 spiro atoms. The van der Waals surface area contributed by atoms with Crippen molar-refractivity contribution >= 4 is 11.6 Å². The summed E-state index contributed by atoms with van der Waals surface area (Å²) in [4.78, 5) is 9.34. The number of nitrogens with zero attached hydrogens (tertiary/aromatic N) is 4. The van der Waals surface area contributed by atoms with E-state index in [1.807, 2.05) is 0 Å². The molecular formula is C13H21N4. The zero-order valence-electron chi connectivity index (χ0n) is 10.8. The number of hydrogen-bond donors (Lipinski definition) is 0. The number of rotatable bonds is 4. The van der Waals surface area contributed by atoms with Gasteiger partial charge in [-0.2, -0.15) is 0 Å². The Kier molecular flexibility index (Phi) is 4.20. The van der Waals surface area contributed by atoms with Gasteiger partial charge in [0.15, 0.2) is 0 Å². The molecule has 1 saturated heterocycles. The van der Waals surface area contributed by atoms with Gasteiger partial charge in [-0.05, 0) is 26.0 Å². The molecule has 2 heterocycles. The minimum absolute atomic E-state index is 0.928. The molecule has 0 bridgehead atoms. The van der Waals surface area contributed by atoms with Crippen LogP contribution >= 0.6 is 0 Å². The molecule has 1 aliphatic heterocycles. The van der Waals surface area contributed by atoms with Crippen LogP contribution in [0, 0.1) is 0 Å². The van der Waals surface area contributed by atoms with Crippen LogP contribution in [0.15, 0.2) is 18.2 Å². The Morgan fingerprint density at radius 3 is 2.53 bits per heavy atom. The Morgan fingerprint density at radius 2 is 1.88 bits per heavy atom. The minimum Gasteiger partial charge on any atom is -0.357 e. The first kappa shape index (κ1) is 12.2. The van der Waals surface area contributed by atoms with Gasteiger partial charge in [-0.3, -0.25) is 0 Å². The molecule has 0 aromatic carbocycles. The second kappa shape index (κ2) is 5.87. The Labute approximate surface area is 104 Å². The third-order valence-electron chi connectivity index (χ3n) is 3.19. The molecule has 0 saturated carbocycles. The van der Waals surface area contributed by atoms with Crippen molar-refractivity contribution in [2.24, 2.45) is 0 Å². The van der Waals surface area contributed by atoms with E-state index in [2.05, 4.69) is 47.2 Å². The molecule has 1 aromatic heterocycles. The van der Waals surface area contributed by atoms with Crippen molar-refractivity contribution in [2.45, 2.75) is 13.8 Å². The zero-order chi connectivity index (χ0) is 12.1. The van der Waals surface area contributed by atoms with Gasteiger partial charge in [0.05, 0.1) is 0 Å². The van der Waals surface area contributed by atoms with Gasteiger partial charge in [0.1, 0.15) is 11.6 Å². The standard InChI is InChI=1S/C13H21N4/c1-3-16(4-2)12-6-5-7-13(15-12)17-10-8-14-9-11-17/h5-7H,3-4,8-11H2,1-2H3. The maximum absolute atomic E-state index is 4.75. The highest BCUT2D eigenvalue weighted by Gasteiger charge is 2.13. The van der Waals surface area contributed by atoms with Gasteiger partial charge in [0.25, 0.3) is 0 Å². The summed E-state index contributed by atoms with van der Waals surface area (Å²) in [6.45, 7) is 10.2. The van der Waals surface area contributed by atoms with Crippen LogP contribution in [0.25, 0.3) is 0 Å². The highest BCUT2D eigenvalue weighted by molar-refractivity contribution is 5.48. The second-order valence-corrected chi connectivity index (χ2v) is 4.18. The summed E-state index contributed by atoms with van der Waals surface area (Å²) in [6.07, 6.45) is 0. The number of pyridine rings is 1. The topological polar surface area (TPSA) is 33.5 Å². The first-order chi connectivity index (χ1) is 8.35. The van der Waals surface area contributed by atoms with Crippen molar-refractivity contribution in [2.75, 3.05) is 49.1 Å². The molecule has 1 aliphatic rings. The average Bonchev–Trinajstić information content (AvgIpc) is 2.42. The van der Waals surface area contributed by atoms with Crippen LogP contribution in [-0.4, -0.2) is 44.3 Å². The molecule has 1 fully saturated rings. The van der Waals surface area contributed by atoms with Gasteiger partial charge >= 0.3 is 0 Å². The third kappa shape index (κ3) is 2.88. The van der Waals surface area contributed by atoms with E-state index in [1.165, 1.54) is 0 Å². The van der Waals surface area contributed by atoms with Crippen LogP contribution in [0.1, 0.15) is 13.8 Å². The van der Waals surface area contributed by atoms with Gasteiger partial charge in [-0.15, -0.1) is 0 Å². The van der Waals surface area contributed by atoms with E-state index in [4.69, 9.17) is 4.98 Å². The molecule has 0 amide bonds. The zero-order valence-corrected chi connectivity index (χ0v) is 10.8. The van der Waals surface area contributed by atoms with Crippen molar-refractivity contribution in [1.82, 2.24) is 10.3 Å². The minimum atomic E-state index is 0.928. The first-order valence-corrected chi connectivity index (χ1v) is 6.45. The molecular weight excluding hydrogens is 212 g/mol. The lowest BCUT2D eigenvalue weighted by molar-refractivity contribution is 0.575. The highest BCUT2D eigenvalue weighted by atomic mass is 15.3. The molecule has 1 radical (unpaired) electrons. The molecule has 0 aliphatic carbocycles. The summed E-state index contributed by atoms with van der Waals surface area (Å²) < 4.78 is 0. The highest BCUT2D eigenvalue weighted by Crippen LogP contribution is 2.17. The monoisotopic (exact) mass is 233 g/mol. The summed E-state index contributed by atoms with van der Waals surface area (Å²) in [7, 11) is 0. The quantitative estimate of drug-likeness (QED) is 0.787. The van der Waals surface area contributed by atoms with E-state index in [9.17, 15) is 0 Å². The predicted molar refractivity (Wildman–Crippen MR) is 71.9 cm³/mol. The van der Waals surface area contributed by atoms with E-state index in [0.717, 1.165) is 50.9 Å². The van der Waals surface area contributed by atoms with Crippen LogP contribution < -0.4 is 15.1 Å². The van der Waals surface area contributed by atoms with E-state index < -0.39 is 0 Å². The SMILES string of the molecule is CCN(CC)c1cccc(N2CC[N]CC2)n1. The van der Waals surface area contributed by atoms with E-state index in [-0.39, 0.29) is 0 Å². The Balaban J connectivity index is 2.15. The molecule has 17 heavy (non-hydrogen) atoms. The van der Waals surface area contributed by atoms with Gasteiger partial charge in [-0.25, -0.2) is 10.3 Å². The fourth-order valence-corrected chi connectivity index (χ4v) is 2.15.